The maximum atomic E-state index is 11.7. The molecular weight excluding hydrogens is 252 g/mol. The van der Waals surface area contributed by atoms with Gasteiger partial charge in [0.05, 0.1) is 18.0 Å². The van der Waals surface area contributed by atoms with Crippen molar-refractivity contribution in [1.82, 2.24) is 5.43 Å². The second kappa shape index (κ2) is 5.75. The first kappa shape index (κ1) is 12.7. The van der Waals surface area contributed by atoms with Crippen molar-refractivity contribution in [1.29, 1.82) is 0 Å². The normalized spacial score (nSPS) is 17.8. The molecule has 1 N–H and O–H groups in total. The first-order valence-corrected chi connectivity index (χ1v) is 6.67. The topological polar surface area (TPSA) is 41.6 Å². The van der Waals surface area contributed by atoms with Crippen LogP contribution < -0.4 is 10.4 Å². The third-order valence-corrected chi connectivity index (χ3v) is 3.25. The molecule has 0 saturated carbocycles. The Hall–Kier alpha value is -2.33. The molecule has 1 atom stereocenters. The Morgan fingerprint density at radius 2 is 1.50 bits per heavy atom. The minimum absolute atomic E-state index is 0.193. The molecular formula is C16H16N2O2. The van der Waals surface area contributed by atoms with Crippen molar-refractivity contribution in [2.24, 2.45) is 0 Å². The van der Waals surface area contributed by atoms with E-state index in [4.69, 9.17) is 4.74 Å². The van der Waals surface area contributed by atoms with Gasteiger partial charge in [0.25, 0.3) is 0 Å². The zero-order chi connectivity index (χ0) is 13.8. The summed E-state index contributed by atoms with van der Waals surface area (Å²) in [6.45, 7) is 0.480. The van der Waals surface area contributed by atoms with Gasteiger partial charge in [0, 0.05) is 6.42 Å². The second-order valence-electron chi connectivity index (χ2n) is 4.64. The van der Waals surface area contributed by atoms with Crippen LogP contribution in [0.5, 0.6) is 0 Å². The van der Waals surface area contributed by atoms with E-state index in [1.165, 1.54) is 0 Å². The Morgan fingerprint density at radius 3 is 1.95 bits per heavy atom. The standard InChI is InChI=1S/C16H16N2O2/c19-16-15(11-12-20-16)17-18(13-7-3-1-4-8-13)14-9-5-2-6-10-14/h1-10,15,17H,11-12H2. The van der Waals surface area contributed by atoms with Crippen LogP contribution in [0.15, 0.2) is 60.7 Å². The summed E-state index contributed by atoms with van der Waals surface area (Å²) in [5.41, 5.74) is 5.23. The van der Waals surface area contributed by atoms with Crippen molar-refractivity contribution in [2.75, 3.05) is 11.6 Å². The van der Waals surface area contributed by atoms with Crippen molar-refractivity contribution < 1.29 is 9.53 Å². The molecule has 4 heteroatoms. The highest BCUT2D eigenvalue weighted by Crippen LogP contribution is 2.23. The van der Waals surface area contributed by atoms with Gasteiger partial charge in [-0.15, -0.1) is 0 Å². The van der Waals surface area contributed by atoms with Crippen LogP contribution in [0.2, 0.25) is 0 Å². The van der Waals surface area contributed by atoms with Crippen LogP contribution in [0.1, 0.15) is 6.42 Å². The van der Waals surface area contributed by atoms with E-state index < -0.39 is 0 Å². The number of carbonyl (C=O) groups excluding carboxylic acids is 1. The van der Waals surface area contributed by atoms with Crippen LogP contribution in [0, 0.1) is 0 Å². The van der Waals surface area contributed by atoms with E-state index >= 15 is 0 Å². The molecule has 4 nitrogen and oxygen atoms in total. The summed E-state index contributed by atoms with van der Waals surface area (Å²) in [7, 11) is 0. The van der Waals surface area contributed by atoms with Crippen LogP contribution in [-0.4, -0.2) is 18.6 Å². The number of carbonyl (C=O) groups is 1. The monoisotopic (exact) mass is 268 g/mol. The highest BCUT2D eigenvalue weighted by atomic mass is 16.5. The van der Waals surface area contributed by atoms with Crippen molar-refractivity contribution in [3.05, 3.63) is 60.7 Å². The fourth-order valence-corrected chi connectivity index (χ4v) is 2.22. The van der Waals surface area contributed by atoms with Gasteiger partial charge in [0.2, 0.25) is 0 Å². The Kier molecular flexibility index (Phi) is 3.65. The summed E-state index contributed by atoms with van der Waals surface area (Å²) in [6, 6.07) is 19.5. The van der Waals surface area contributed by atoms with Crippen LogP contribution in [0.25, 0.3) is 0 Å². The molecule has 1 unspecified atom stereocenters. The molecule has 1 heterocycles. The summed E-state index contributed by atoms with van der Waals surface area (Å²) < 4.78 is 5.01. The smallest absolute Gasteiger partial charge is 0.325 e. The summed E-state index contributed by atoms with van der Waals surface area (Å²) in [5, 5.41) is 1.93. The Balaban J connectivity index is 1.90. The Labute approximate surface area is 117 Å². The number of para-hydroxylation sites is 2. The fourth-order valence-electron chi connectivity index (χ4n) is 2.22. The largest absolute Gasteiger partial charge is 0.464 e. The third kappa shape index (κ3) is 2.65. The van der Waals surface area contributed by atoms with Gasteiger partial charge in [0.15, 0.2) is 0 Å². The number of nitrogens with one attached hydrogen (secondary N) is 1. The number of rotatable bonds is 4. The van der Waals surface area contributed by atoms with Crippen molar-refractivity contribution in [3.63, 3.8) is 0 Å². The summed E-state index contributed by atoms with van der Waals surface area (Å²) in [4.78, 5) is 11.7. The van der Waals surface area contributed by atoms with E-state index in [0.717, 1.165) is 11.4 Å². The molecule has 3 rings (SSSR count). The molecule has 2 aromatic carbocycles. The SMILES string of the molecule is O=C1OCCC1NN(c1ccccc1)c1ccccc1. The molecule has 0 amide bonds. The minimum Gasteiger partial charge on any atom is -0.464 e. The van der Waals surface area contributed by atoms with Crippen molar-refractivity contribution in [2.45, 2.75) is 12.5 Å². The van der Waals surface area contributed by atoms with Gasteiger partial charge in [-0.3, -0.25) is 9.80 Å². The van der Waals surface area contributed by atoms with Crippen molar-refractivity contribution >= 4 is 17.3 Å². The van der Waals surface area contributed by atoms with Gasteiger partial charge in [0.1, 0.15) is 6.04 Å². The first-order chi connectivity index (χ1) is 9.84. The van der Waals surface area contributed by atoms with Crippen LogP contribution in [0.4, 0.5) is 11.4 Å². The number of ether oxygens (including phenoxy) is 1. The molecule has 1 fully saturated rings. The maximum Gasteiger partial charge on any atom is 0.325 e. The molecule has 20 heavy (non-hydrogen) atoms. The number of nitrogens with zero attached hydrogens (tertiary/aromatic N) is 1. The number of cyclic esters (lactones) is 1. The zero-order valence-corrected chi connectivity index (χ0v) is 11.0. The number of hydrogen-bond donors (Lipinski definition) is 1. The van der Waals surface area contributed by atoms with E-state index in [1.807, 2.05) is 65.7 Å². The number of anilines is 2. The molecule has 0 aromatic heterocycles. The lowest BCUT2D eigenvalue weighted by Crippen LogP contribution is -2.44. The number of hydrazine groups is 1. The van der Waals surface area contributed by atoms with Gasteiger partial charge in [-0.05, 0) is 24.3 Å². The summed E-state index contributed by atoms with van der Waals surface area (Å²) in [5.74, 6) is -0.193. The van der Waals surface area contributed by atoms with Gasteiger partial charge in [-0.2, -0.15) is 0 Å². The molecule has 1 aliphatic heterocycles. The molecule has 2 aromatic rings. The van der Waals surface area contributed by atoms with Crippen molar-refractivity contribution in [3.8, 4) is 0 Å². The first-order valence-electron chi connectivity index (χ1n) is 6.67. The molecule has 1 saturated heterocycles. The summed E-state index contributed by atoms with van der Waals surface area (Å²) >= 11 is 0. The maximum absolute atomic E-state index is 11.7. The van der Waals surface area contributed by atoms with Crippen LogP contribution in [-0.2, 0) is 9.53 Å². The van der Waals surface area contributed by atoms with Gasteiger partial charge >= 0.3 is 5.97 Å². The predicted octanol–water partition coefficient (Wildman–Crippen LogP) is 2.64. The van der Waals surface area contributed by atoms with Crippen LogP contribution in [0.3, 0.4) is 0 Å². The quantitative estimate of drug-likeness (QED) is 0.683. The minimum atomic E-state index is -0.296. The van der Waals surface area contributed by atoms with Crippen LogP contribution >= 0.6 is 0 Å². The Bertz CT molecular complexity index is 532. The second-order valence-corrected chi connectivity index (χ2v) is 4.64. The fraction of sp³-hybridized carbons (Fsp3) is 0.188. The molecule has 0 spiro atoms. The van der Waals surface area contributed by atoms with Gasteiger partial charge in [-0.25, -0.2) is 5.43 Å². The van der Waals surface area contributed by atoms with E-state index in [9.17, 15) is 4.79 Å². The highest BCUT2D eigenvalue weighted by molar-refractivity contribution is 5.78. The van der Waals surface area contributed by atoms with Gasteiger partial charge in [-0.1, -0.05) is 36.4 Å². The predicted molar refractivity (Wildman–Crippen MR) is 77.5 cm³/mol. The molecule has 0 bridgehead atoms. The lowest BCUT2D eigenvalue weighted by molar-refractivity contribution is -0.139. The summed E-state index contributed by atoms with van der Waals surface area (Å²) in [6.07, 6.45) is 0.689. The molecule has 0 radical (unpaired) electrons. The highest BCUT2D eigenvalue weighted by Gasteiger charge is 2.28. The molecule has 1 aliphatic rings. The van der Waals surface area contributed by atoms with Gasteiger partial charge < -0.3 is 4.74 Å². The van der Waals surface area contributed by atoms with E-state index in [0.29, 0.717) is 13.0 Å². The molecule has 102 valence electrons. The van der Waals surface area contributed by atoms with E-state index in [-0.39, 0.29) is 12.0 Å². The average Bonchev–Trinajstić information content (AvgIpc) is 2.92. The lowest BCUT2D eigenvalue weighted by Gasteiger charge is -2.27. The Morgan fingerprint density at radius 1 is 0.950 bits per heavy atom. The zero-order valence-electron chi connectivity index (χ0n) is 11.0. The number of benzene rings is 2. The van der Waals surface area contributed by atoms with E-state index in [2.05, 4.69) is 5.43 Å². The van der Waals surface area contributed by atoms with E-state index in [1.54, 1.807) is 0 Å². The third-order valence-electron chi connectivity index (χ3n) is 3.25. The number of esters is 1. The lowest BCUT2D eigenvalue weighted by atomic mass is 10.2. The number of hydrogen-bond acceptors (Lipinski definition) is 4. The average molecular weight is 268 g/mol. The molecule has 0 aliphatic carbocycles.